The van der Waals surface area contributed by atoms with E-state index in [1.54, 1.807) is 6.07 Å². The van der Waals surface area contributed by atoms with E-state index in [2.05, 4.69) is 5.32 Å². The molecule has 0 aromatic heterocycles. The molecule has 0 bridgehead atoms. The van der Waals surface area contributed by atoms with Gasteiger partial charge in [-0.05, 0) is 31.7 Å². The minimum Gasteiger partial charge on any atom is -0.452 e. The van der Waals surface area contributed by atoms with Gasteiger partial charge in [-0.15, -0.1) is 0 Å². The fraction of sp³-hybridized carbons (Fsp3) is 0.556. The van der Waals surface area contributed by atoms with E-state index in [0.717, 1.165) is 38.8 Å². The first-order valence-corrected chi connectivity index (χ1v) is 9.13. The molecule has 27 heavy (non-hydrogen) atoms. The topological polar surface area (TPSA) is 111 Å². The van der Waals surface area contributed by atoms with Crippen LogP contribution in [0.5, 0.6) is 0 Å². The van der Waals surface area contributed by atoms with Gasteiger partial charge in [-0.2, -0.15) is 0 Å². The van der Waals surface area contributed by atoms with E-state index >= 15 is 0 Å². The molecule has 0 radical (unpaired) electrons. The fourth-order valence-corrected chi connectivity index (χ4v) is 3.33. The number of non-ortho nitro benzene ring substituents is 1. The Morgan fingerprint density at radius 3 is 2.74 bits per heavy atom. The van der Waals surface area contributed by atoms with Gasteiger partial charge in [0.05, 0.1) is 22.3 Å². The number of hydrogen-bond donors (Lipinski definition) is 1. The van der Waals surface area contributed by atoms with E-state index in [4.69, 9.17) is 9.47 Å². The standard InChI is InChI=1S/C18H23N3O6/c22-17(19-11-14-4-3-9-26-14)12-27-18(23)15-10-13(21(24)25)5-6-16(15)20-7-1-2-8-20/h5-6,10,14H,1-4,7-9,11-12H2,(H,19,22)/t14-/m1/s1. The van der Waals surface area contributed by atoms with Crippen LogP contribution < -0.4 is 10.2 Å². The Hall–Kier alpha value is -2.68. The number of nitrogens with zero attached hydrogens (tertiary/aromatic N) is 2. The number of nitro groups is 1. The van der Waals surface area contributed by atoms with Gasteiger partial charge in [-0.3, -0.25) is 14.9 Å². The summed E-state index contributed by atoms with van der Waals surface area (Å²) in [6, 6.07) is 4.15. The average Bonchev–Trinajstić information content (AvgIpc) is 3.37. The molecule has 2 heterocycles. The third kappa shape index (κ3) is 4.94. The first-order chi connectivity index (χ1) is 13.0. The molecule has 2 aliphatic rings. The number of nitro benzene ring substituents is 1. The lowest BCUT2D eigenvalue weighted by atomic mass is 10.1. The third-order valence-electron chi connectivity index (χ3n) is 4.74. The van der Waals surface area contributed by atoms with E-state index < -0.39 is 23.4 Å². The highest BCUT2D eigenvalue weighted by Gasteiger charge is 2.24. The van der Waals surface area contributed by atoms with E-state index in [9.17, 15) is 19.7 Å². The van der Waals surface area contributed by atoms with Crippen molar-refractivity contribution >= 4 is 23.3 Å². The van der Waals surface area contributed by atoms with Crippen molar-refractivity contribution in [2.45, 2.75) is 31.8 Å². The van der Waals surface area contributed by atoms with Crippen LogP contribution in [0.3, 0.4) is 0 Å². The van der Waals surface area contributed by atoms with Gasteiger partial charge in [0.15, 0.2) is 6.61 Å². The Labute approximate surface area is 156 Å². The number of ether oxygens (including phenoxy) is 2. The molecule has 1 N–H and O–H groups in total. The Balaban J connectivity index is 1.62. The summed E-state index contributed by atoms with van der Waals surface area (Å²) in [5.74, 6) is -1.17. The predicted molar refractivity (Wildman–Crippen MR) is 96.8 cm³/mol. The van der Waals surface area contributed by atoms with Crippen molar-refractivity contribution in [3.05, 3.63) is 33.9 Å². The molecule has 3 rings (SSSR count). The number of nitrogens with one attached hydrogen (secondary N) is 1. The van der Waals surface area contributed by atoms with Crippen molar-refractivity contribution in [1.82, 2.24) is 5.32 Å². The maximum atomic E-state index is 12.5. The third-order valence-corrected chi connectivity index (χ3v) is 4.74. The molecular weight excluding hydrogens is 354 g/mol. The summed E-state index contributed by atoms with van der Waals surface area (Å²) in [5.41, 5.74) is 0.522. The number of amides is 1. The summed E-state index contributed by atoms with van der Waals surface area (Å²) in [5, 5.41) is 13.7. The molecule has 9 heteroatoms. The lowest BCUT2D eigenvalue weighted by Gasteiger charge is -2.20. The van der Waals surface area contributed by atoms with Gasteiger partial charge in [0.25, 0.3) is 11.6 Å². The molecular formula is C18H23N3O6. The van der Waals surface area contributed by atoms with Crippen LogP contribution in [-0.2, 0) is 14.3 Å². The van der Waals surface area contributed by atoms with Gasteiger partial charge in [0, 0.05) is 38.4 Å². The van der Waals surface area contributed by atoms with Crippen molar-refractivity contribution in [2.75, 3.05) is 37.7 Å². The largest absolute Gasteiger partial charge is 0.452 e. The number of anilines is 1. The molecule has 1 aromatic carbocycles. The fourth-order valence-electron chi connectivity index (χ4n) is 3.33. The number of benzene rings is 1. The second-order valence-electron chi connectivity index (χ2n) is 6.67. The first kappa shape index (κ1) is 19.1. The summed E-state index contributed by atoms with van der Waals surface area (Å²) in [6.07, 6.45) is 3.87. The minimum absolute atomic E-state index is 0.00296. The van der Waals surface area contributed by atoms with Gasteiger partial charge in [-0.25, -0.2) is 4.79 Å². The second-order valence-corrected chi connectivity index (χ2v) is 6.67. The molecule has 146 valence electrons. The van der Waals surface area contributed by atoms with Gasteiger partial charge >= 0.3 is 5.97 Å². The normalized spacial score (nSPS) is 19.1. The van der Waals surface area contributed by atoms with E-state index in [-0.39, 0.29) is 17.4 Å². The van der Waals surface area contributed by atoms with Crippen molar-refractivity contribution in [3.63, 3.8) is 0 Å². The van der Waals surface area contributed by atoms with Crippen molar-refractivity contribution in [3.8, 4) is 0 Å². The number of esters is 1. The van der Waals surface area contributed by atoms with E-state index in [0.29, 0.717) is 18.8 Å². The van der Waals surface area contributed by atoms with Crippen LogP contribution in [0.2, 0.25) is 0 Å². The Morgan fingerprint density at radius 1 is 1.30 bits per heavy atom. The maximum Gasteiger partial charge on any atom is 0.341 e. The van der Waals surface area contributed by atoms with Crippen LogP contribution >= 0.6 is 0 Å². The summed E-state index contributed by atoms with van der Waals surface area (Å²) in [7, 11) is 0. The van der Waals surface area contributed by atoms with Crippen molar-refractivity contribution in [1.29, 1.82) is 0 Å². The predicted octanol–water partition coefficient (Wildman–Crippen LogP) is 1.65. The van der Waals surface area contributed by atoms with E-state index in [1.807, 2.05) is 4.90 Å². The molecule has 9 nitrogen and oxygen atoms in total. The summed E-state index contributed by atoms with van der Waals surface area (Å²) in [4.78, 5) is 36.9. The van der Waals surface area contributed by atoms with Crippen LogP contribution in [0.25, 0.3) is 0 Å². The lowest BCUT2D eigenvalue weighted by molar-refractivity contribution is -0.384. The quantitative estimate of drug-likeness (QED) is 0.437. The summed E-state index contributed by atoms with van der Waals surface area (Å²) >= 11 is 0. The zero-order valence-corrected chi connectivity index (χ0v) is 15.0. The lowest BCUT2D eigenvalue weighted by Crippen LogP contribution is -2.35. The number of hydrogen-bond acceptors (Lipinski definition) is 7. The SMILES string of the molecule is O=C(COC(=O)c1cc([N+](=O)[O-])ccc1N1CCCC1)NC[C@H]1CCCO1. The molecule has 0 unspecified atom stereocenters. The van der Waals surface area contributed by atoms with Crippen LogP contribution in [0, 0.1) is 10.1 Å². The Kier molecular flexibility index (Phi) is 6.23. The molecule has 2 aliphatic heterocycles. The van der Waals surface area contributed by atoms with Crippen LogP contribution in [0.1, 0.15) is 36.0 Å². The first-order valence-electron chi connectivity index (χ1n) is 9.13. The van der Waals surface area contributed by atoms with Gasteiger partial charge in [0.1, 0.15) is 0 Å². The van der Waals surface area contributed by atoms with Gasteiger partial charge in [0.2, 0.25) is 0 Å². The molecule has 1 aromatic rings. The summed E-state index contributed by atoms with van der Waals surface area (Å²) in [6.45, 7) is 2.20. The minimum atomic E-state index is -0.743. The van der Waals surface area contributed by atoms with Crippen molar-refractivity contribution in [2.24, 2.45) is 0 Å². The zero-order chi connectivity index (χ0) is 19.2. The highest BCUT2D eigenvalue weighted by molar-refractivity contribution is 5.97. The van der Waals surface area contributed by atoms with Crippen LogP contribution in [0.4, 0.5) is 11.4 Å². The van der Waals surface area contributed by atoms with Crippen LogP contribution in [0.15, 0.2) is 18.2 Å². The van der Waals surface area contributed by atoms with Crippen LogP contribution in [-0.4, -0.2) is 55.8 Å². The van der Waals surface area contributed by atoms with Gasteiger partial charge < -0.3 is 19.7 Å². The average molecular weight is 377 g/mol. The Morgan fingerprint density at radius 2 is 2.07 bits per heavy atom. The molecule has 0 saturated carbocycles. The molecule has 2 saturated heterocycles. The molecule has 0 spiro atoms. The van der Waals surface area contributed by atoms with E-state index in [1.165, 1.54) is 12.1 Å². The number of carbonyl (C=O) groups excluding carboxylic acids is 2. The molecule has 1 atom stereocenters. The molecule has 1 amide bonds. The Bertz CT molecular complexity index is 711. The maximum absolute atomic E-state index is 12.5. The number of rotatable bonds is 7. The monoisotopic (exact) mass is 377 g/mol. The summed E-state index contributed by atoms with van der Waals surface area (Å²) < 4.78 is 10.5. The van der Waals surface area contributed by atoms with Crippen molar-refractivity contribution < 1.29 is 24.0 Å². The second kappa shape index (κ2) is 8.81. The molecule has 2 fully saturated rings. The zero-order valence-electron chi connectivity index (χ0n) is 15.0. The smallest absolute Gasteiger partial charge is 0.341 e. The molecule has 0 aliphatic carbocycles. The highest BCUT2D eigenvalue weighted by Crippen LogP contribution is 2.28. The van der Waals surface area contributed by atoms with Gasteiger partial charge in [-0.1, -0.05) is 0 Å². The highest BCUT2D eigenvalue weighted by atomic mass is 16.6. The number of carbonyl (C=O) groups is 2.